The van der Waals surface area contributed by atoms with E-state index in [2.05, 4.69) is 15.2 Å². The van der Waals surface area contributed by atoms with E-state index in [1.807, 2.05) is 13.8 Å². The van der Waals surface area contributed by atoms with Crippen molar-refractivity contribution in [1.29, 1.82) is 0 Å². The summed E-state index contributed by atoms with van der Waals surface area (Å²) >= 11 is 0. The first-order chi connectivity index (χ1) is 7.58. The Bertz CT molecular complexity index is 504. The minimum Gasteiger partial charge on any atom is -0.506 e. The number of anilines is 1. The fraction of sp³-hybridized carbons (Fsp3) is 0.273. The van der Waals surface area contributed by atoms with Gasteiger partial charge in [0.1, 0.15) is 11.6 Å². The Hall–Kier alpha value is -2.04. The van der Waals surface area contributed by atoms with Crippen LogP contribution < -0.4 is 5.73 Å². The molecule has 0 fully saturated rings. The van der Waals surface area contributed by atoms with E-state index in [0.717, 1.165) is 11.4 Å². The molecule has 0 saturated heterocycles. The normalized spacial score (nSPS) is 10.9. The average molecular weight is 218 g/mol. The maximum absolute atomic E-state index is 9.31. The Balaban J connectivity index is 2.39. The lowest BCUT2D eigenvalue weighted by Crippen LogP contribution is -1.90. The lowest BCUT2D eigenvalue weighted by atomic mass is 10.2. The van der Waals surface area contributed by atoms with Crippen molar-refractivity contribution >= 4 is 5.69 Å². The van der Waals surface area contributed by atoms with Gasteiger partial charge in [-0.25, -0.2) is 4.98 Å². The average Bonchev–Trinajstić information content (AvgIpc) is 2.71. The van der Waals surface area contributed by atoms with Crippen molar-refractivity contribution in [2.24, 2.45) is 0 Å². The van der Waals surface area contributed by atoms with Crippen molar-refractivity contribution in [3.05, 3.63) is 24.0 Å². The van der Waals surface area contributed by atoms with Gasteiger partial charge in [-0.1, -0.05) is 13.8 Å². The second-order valence-electron chi connectivity index (χ2n) is 3.97. The Morgan fingerprint density at radius 3 is 2.69 bits per heavy atom. The summed E-state index contributed by atoms with van der Waals surface area (Å²) in [5, 5.41) is 16.3. The van der Waals surface area contributed by atoms with E-state index < -0.39 is 0 Å². The molecule has 2 rings (SSSR count). The molecule has 84 valence electrons. The second-order valence-corrected chi connectivity index (χ2v) is 3.97. The molecule has 0 aliphatic carbocycles. The third-order valence-corrected chi connectivity index (χ3v) is 2.34. The van der Waals surface area contributed by atoms with E-state index in [9.17, 15) is 5.11 Å². The Morgan fingerprint density at radius 1 is 1.38 bits per heavy atom. The van der Waals surface area contributed by atoms with Gasteiger partial charge in [-0.05, 0) is 18.2 Å². The SMILES string of the molecule is CC(C)c1nc(-c2ccc(O)c(N)c2)n[nH]1. The largest absolute Gasteiger partial charge is 0.506 e. The number of H-pyrrole nitrogens is 1. The molecule has 4 N–H and O–H groups in total. The lowest BCUT2D eigenvalue weighted by Gasteiger charge is -2.00. The number of phenolic OH excluding ortho intramolecular Hbond substituents is 1. The van der Waals surface area contributed by atoms with Gasteiger partial charge >= 0.3 is 0 Å². The van der Waals surface area contributed by atoms with Gasteiger partial charge in [0.15, 0.2) is 5.82 Å². The Morgan fingerprint density at radius 2 is 2.12 bits per heavy atom. The molecule has 5 heteroatoms. The molecular formula is C11H14N4O. The standard InChI is InChI=1S/C11H14N4O/c1-6(2)10-13-11(15-14-10)7-3-4-9(16)8(12)5-7/h3-6,16H,12H2,1-2H3,(H,13,14,15). The van der Waals surface area contributed by atoms with Gasteiger partial charge in [0.2, 0.25) is 0 Å². The summed E-state index contributed by atoms with van der Waals surface area (Å²) in [4.78, 5) is 4.35. The number of aromatic nitrogens is 3. The van der Waals surface area contributed by atoms with Crippen LogP contribution in [0.25, 0.3) is 11.4 Å². The number of nitrogens with two attached hydrogens (primary N) is 1. The molecule has 1 aromatic heterocycles. The van der Waals surface area contributed by atoms with Crippen LogP contribution in [-0.2, 0) is 0 Å². The summed E-state index contributed by atoms with van der Waals surface area (Å²) in [7, 11) is 0. The van der Waals surface area contributed by atoms with Crippen molar-refractivity contribution in [3.8, 4) is 17.1 Å². The number of hydrogen-bond donors (Lipinski definition) is 3. The highest BCUT2D eigenvalue weighted by molar-refractivity contribution is 5.65. The summed E-state index contributed by atoms with van der Waals surface area (Å²) in [6.07, 6.45) is 0. The second kappa shape index (κ2) is 3.84. The summed E-state index contributed by atoms with van der Waals surface area (Å²) in [6, 6.07) is 4.93. The van der Waals surface area contributed by atoms with Crippen LogP contribution >= 0.6 is 0 Å². The van der Waals surface area contributed by atoms with Crippen molar-refractivity contribution in [2.75, 3.05) is 5.73 Å². The van der Waals surface area contributed by atoms with Crippen LogP contribution in [-0.4, -0.2) is 20.3 Å². The van der Waals surface area contributed by atoms with E-state index >= 15 is 0 Å². The van der Waals surface area contributed by atoms with Gasteiger partial charge in [-0.2, -0.15) is 5.10 Å². The van der Waals surface area contributed by atoms with E-state index in [1.165, 1.54) is 6.07 Å². The van der Waals surface area contributed by atoms with Crippen molar-refractivity contribution in [1.82, 2.24) is 15.2 Å². The molecule has 0 aliphatic rings. The Labute approximate surface area is 93.3 Å². The number of nitrogen functional groups attached to an aromatic ring is 1. The number of phenols is 1. The molecule has 0 amide bonds. The number of hydrogen-bond acceptors (Lipinski definition) is 4. The fourth-order valence-corrected chi connectivity index (χ4v) is 1.36. The zero-order chi connectivity index (χ0) is 11.7. The molecule has 0 spiro atoms. The number of benzene rings is 1. The summed E-state index contributed by atoms with van der Waals surface area (Å²) in [6.45, 7) is 4.07. The quantitative estimate of drug-likeness (QED) is 0.530. The highest BCUT2D eigenvalue weighted by Crippen LogP contribution is 2.25. The van der Waals surface area contributed by atoms with Crippen LogP contribution in [0.2, 0.25) is 0 Å². The first-order valence-corrected chi connectivity index (χ1v) is 5.09. The summed E-state index contributed by atoms with van der Waals surface area (Å²) in [5.41, 5.74) is 6.73. The van der Waals surface area contributed by atoms with Gasteiger partial charge in [0.05, 0.1) is 5.69 Å². The minimum absolute atomic E-state index is 0.0726. The topological polar surface area (TPSA) is 87.8 Å². The van der Waals surface area contributed by atoms with Crippen molar-refractivity contribution in [2.45, 2.75) is 19.8 Å². The third-order valence-electron chi connectivity index (χ3n) is 2.34. The predicted octanol–water partition coefficient (Wildman–Crippen LogP) is 1.88. The number of rotatable bonds is 2. The maximum Gasteiger partial charge on any atom is 0.181 e. The van der Waals surface area contributed by atoms with Crippen LogP contribution in [0.15, 0.2) is 18.2 Å². The van der Waals surface area contributed by atoms with Crippen LogP contribution in [0.3, 0.4) is 0 Å². The molecule has 0 aliphatic heterocycles. The maximum atomic E-state index is 9.31. The van der Waals surface area contributed by atoms with Gasteiger partial charge < -0.3 is 10.8 Å². The van der Waals surface area contributed by atoms with Crippen molar-refractivity contribution in [3.63, 3.8) is 0 Å². The van der Waals surface area contributed by atoms with Gasteiger partial charge in [0, 0.05) is 11.5 Å². The van der Waals surface area contributed by atoms with Crippen LogP contribution in [0, 0.1) is 0 Å². The number of nitrogens with zero attached hydrogens (tertiary/aromatic N) is 2. The highest BCUT2D eigenvalue weighted by atomic mass is 16.3. The molecule has 0 atom stereocenters. The van der Waals surface area contributed by atoms with E-state index in [0.29, 0.717) is 17.4 Å². The number of aromatic hydroxyl groups is 1. The van der Waals surface area contributed by atoms with Gasteiger partial charge in [-0.3, -0.25) is 5.10 Å². The van der Waals surface area contributed by atoms with Gasteiger partial charge in [-0.15, -0.1) is 0 Å². The zero-order valence-electron chi connectivity index (χ0n) is 9.23. The first kappa shape index (κ1) is 10.5. The predicted molar refractivity (Wildman–Crippen MR) is 62.0 cm³/mol. The molecule has 1 heterocycles. The minimum atomic E-state index is 0.0726. The molecule has 16 heavy (non-hydrogen) atoms. The van der Waals surface area contributed by atoms with Crippen LogP contribution in [0.4, 0.5) is 5.69 Å². The zero-order valence-corrected chi connectivity index (χ0v) is 9.23. The number of nitrogens with one attached hydrogen (secondary N) is 1. The molecular weight excluding hydrogens is 204 g/mol. The molecule has 1 aromatic carbocycles. The summed E-state index contributed by atoms with van der Waals surface area (Å²) < 4.78 is 0. The fourth-order valence-electron chi connectivity index (χ4n) is 1.36. The highest BCUT2D eigenvalue weighted by Gasteiger charge is 2.09. The number of aromatic amines is 1. The summed E-state index contributed by atoms with van der Waals surface area (Å²) in [5.74, 6) is 1.80. The first-order valence-electron chi connectivity index (χ1n) is 5.09. The van der Waals surface area contributed by atoms with Gasteiger partial charge in [0.25, 0.3) is 0 Å². The smallest absolute Gasteiger partial charge is 0.181 e. The van der Waals surface area contributed by atoms with E-state index in [-0.39, 0.29) is 5.75 Å². The van der Waals surface area contributed by atoms with Crippen molar-refractivity contribution < 1.29 is 5.11 Å². The Kier molecular flexibility index (Phi) is 2.52. The van der Waals surface area contributed by atoms with Crippen LogP contribution in [0.1, 0.15) is 25.6 Å². The van der Waals surface area contributed by atoms with E-state index in [1.54, 1.807) is 12.1 Å². The lowest BCUT2D eigenvalue weighted by molar-refractivity contribution is 0.478. The monoisotopic (exact) mass is 218 g/mol. The molecule has 0 radical (unpaired) electrons. The van der Waals surface area contributed by atoms with E-state index in [4.69, 9.17) is 5.73 Å². The third kappa shape index (κ3) is 1.84. The molecule has 0 saturated carbocycles. The molecule has 0 unspecified atom stereocenters. The van der Waals surface area contributed by atoms with Crippen LogP contribution in [0.5, 0.6) is 5.75 Å². The molecule has 0 bridgehead atoms. The molecule has 2 aromatic rings. The molecule has 5 nitrogen and oxygen atoms in total.